The maximum atomic E-state index is 12.1. The summed E-state index contributed by atoms with van der Waals surface area (Å²) in [6, 6.07) is 4.03. The van der Waals surface area contributed by atoms with E-state index < -0.39 is 0 Å². The molecule has 19 heavy (non-hydrogen) atoms. The molecule has 0 N–H and O–H groups in total. The molecule has 4 nitrogen and oxygen atoms in total. The van der Waals surface area contributed by atoms with Crippen LogP contribution in [0.3, 0.4) is 0 Å². The van der Waals surface area contributed by atoms with Crippen LogP contribution in [0.15, 0.2) is 28.7 Å². The second-order valence-electron chi connectivity index (χ2n) is 4.53. The SMILES string of the molecule is Cc1ccc(-n2ccs/c2=N\C(=O)N2CCCC2)s1. The molecule has 0 bridgehead atoms. The summed E-state index contributed by atoms with van der Waals surface area (Å²) in [6.07, 6.45) is 4.15. The summed E-state index contributed by atoms with van der Waals surface area (Å²) < 4.78 is 1.98. The largest absolute Gasteiger partial charge is 0.346 e. The number of amides is 2. The third-order valence-electron chi connectivity index (χ3n) is 3.12. The summed E-state index contributed by atoms with van der Waals surface area (Å²) in [5.41, 5.74) is 0. The van der Waals surface area contributed by atoms with E-state index in [2.05, 4.69) is 24.0 Å². The first-order valence-corrected chi connectivity index (χ1v) is 8.00. The van der Waals surface area contributed by atoms with Crippen LogP contribution in [0.25, 0.3) is 5.00 Å². The Balaban J connectivity index is 1.93. The number of rotatable bonds is 1. The molecule has 0 atom stereocenters. The Morgan fingerprint density at radius 3 is 2.79 bits per heavy atom. The average molecular weight is 293 g/mol. The van der Waals surface area contributed by atoms with Gasteiger partial charge in [0, 0.05) is 29.5 Å². The summed E-state index contributed by atoms with van der Waals surface area (Å²) in [5, 5.41) is 3.07. The van der Waals surface area contributed by atoms with Crippen LogP contribution >= 0.6 is 22.7 Å². The van der Waals surface area contributed by atoms with E-state index in [9.17, 15) is 4.79 Å². The van der Waals surface area contributed by atoms with Crippen molar-refractivity contribution in [3.8, 4) is 5.00 Å². The first-order chi connectivity index (χ1) is 9.24. The van der Waals surface area contributed by atoms with Crippen LogP contribution in [0, 0.1) is 6.92 Å². The molecule has 1 saturated heterocycles. The normalized spacial score (nSPS) is 16.3. The highest BCUT2D eigenvalue weighted by atomic mass is 32.1. The first-order valence-electron chi connectivity index (χ1n) is 6.30. The van der Waals surface area contributed by atoms with Crippen molar-refractivity contribution in [2.45, 2.75) is 19.8 Å². The molecule has 0 radical (unpaired) electrons. The number of carbonyl (C=O) groups is 1. The number of likely N-dealkylation sites (tertiary alicyclic amines) is 1. The Morgan fingerprint density at radius 1 is 1.32 bits per heavy atom. The van der Waals surface area contributed by atoms with Gasteiger partial charge in [0.2, 0.25) is 0 Å². The molecule has 1 aliphatic rings. The molecule has 6 heteroatoms. The second kappa shape index (κ2) is 5.30. The lowest BCUT2D eigenvalue weighted by atomic mass is 10.4. The van der Waals surface area contributed by atoms with Gasteiger partial charge in [-0.15, -0.1) is 22.7 Å². The Labute approximate surface area is 119 Å². The smallest absolute Gasteiger partial charge is 0.323 e. The van der Waals surface area contributed by atoms with Crippen molar-refractivity contribution >= 4 is 28.7 Å². The van der Waals surface area contributed by atoms with E-state index in [0.717, 1.165) is 35.7 Å². The van der Waals surface area contributed by atoms with Gasteiger partial charge in [0.25, 0.3) is 0 Å². The Morgan fingerprint density at radius 2 is 2.11 bits per heavy atom. The Kier molecular flexibility index (Phi) is 3.52. The minimum Gasteiger partial charge on any atom is -0.323 e. The fourth-order valence-electron chi connectivity index (χ4n) is 2.13. The number of aryl methyl sites for hydroxylation is 1. The predicted molar refractivity (Wildman–Crippen MR) is 78.0 cm³/mol. The number of nitrogens with zero attached hydrogens (tertiary/aromatic N) is 3. The molecule has 0 aromatic carbocycles. The molecular weight excluding hydrogens is 278 g/mol. The van der Waals surface area contributed by atoms with Gasteiger partial charge in [-0.2, -0.15) is 4.99 Å². The van der Waals surface area contributed by atoms with Crippen molar-refractivity contribution in [2.75, 3.05) is 13.1 Å². The fourth-order valence-corrected chi connectivity index (χ4v) is 3.75. The van der Waals surface area contributed by atoms with Gasteiger partial charge in [0.15, 0.2) is 4.80 Å². The first kappa shape index (κ1) is 12.6. The van der Waals surface area contributed by atoms with Crippen molar-refractivity contribution in [3.05, 3.63) is 33.4 Å². The molecule has 2 amide bonds. The second-order valence-corrected chi connectivity index (χ2v) is 6.67. The Hall–Kier alpha value is -1.40. The highest BCUT2D eigenvalue weighted by Crippen LogP contribution is 2.18. The van der Waals surface area contributed by atoms with Crippen molar-refractivity contribution in [2.24, 2.45) is 4.99 Å². The van der Waals surface area contributed by atoms with E-state index in [1.165, 1.54) is 16.2 Å². The van der Waals surface area contributed by atoms with Crippen molar-refractivity contribution in [1.29, 1.82) is 0 Å². The van der Waals surface area contributed by atoms with E-state index in [1.54, 1.807) is 11.3 Å². The van der Waals surface area contributed by atoms with E-state index in [-0.39, 0.29) is 6.03 Å². The van der Waals surface area contributed by atoms with E-state index >= 15 is 0 Å². The zero-order valence-electron chi connectivity index (χ0n) is 10.7. The standard InChI is InChI=1S/C13H15N3OS2/c1-10-4-5-11(19-10)16-8-9-18-13(16)14-12(17)15-6-2-3-7-15/h4-5,8-9H,2-3,6-7H2,1H3/b14-13-. The van der Waals surface area contributed by atoms with Crippen LogP contribution in [-0.2, 0) is 0 Å². The van der Waals surface area contributed by atoms with Gasteiger partial charge in [-0.1, -0.05) is 0 Å². The molecule has 100 valence electrons. The van der Waals surface area contributed by atoms with Crippen molar-refractivity contribution in [1.82, 2.24) is 9.47 Å². The molecule has 0 saturated carbocycles. The van der Waals surface area contributed by atoms with Crippen LogP contribution in [0.1, 0.15) is 17.7 Å². The lowest BCUT2D eigenvalue weighted by molar-refractivity contribution is 0.218. The zero-order chi connectivity index (χ0) is 13.2. The van der Waals surface area contributed by atoms with Gasteiger partial charge in [0.1, 0.15) is 5.00 Å². The number of thiophene rings is 1. The van der Waals surface area contributed by atoms with Crippen molar-refractivity contribution < 1.29 is 4.79 Å². The number of carbonyl (C=O) groups excluding carboxylic acids is 1. The highest BCUT2D eigenvalue weighted by Gasteiger charge is 2.17. The molecule has 0 aliphatic carbocycles. The minimum atomic E-state index is -0.109. The van der Waals surface area contributed by atoms with Gasteiger partial charge < -0.3 is 4.90 Å². The van der Waals surface area contributed by atoms with Crippen LogP contribution in [0.2, 0.25) is 0 Å². The van der Waals surface area contributed by atoms with Crippen LogP contribution in [0.5, 0.6) is 0 Å². The molecule has 2 aromatic rings. The Bertz CT molecular complexity index is 647. The molecule has 3 rings (SSSR count). The monoisotopic (exact) mass is 293 g/mol. The molecule has 1 fully saturated rings. The maximum Gasteiger partial charge on any atom is 0.346 e. The molecule has 1 aliphatic heterocycles. The summed E-state index contributed by atoms with van der Waals surface area (Å²) in [6.45, 7) is 3.75. The quantitative estimate of drug-likeness (QED) is 0.796. The lowest BCUT2D eigenvalue weighted by Crippen LogP contribution is -2.27. The molecule has 2 aromatic heterocycles. The van der Waals surface area contributed by atoms with Gasteiger partial charge in [-0.3, -0.25) is 4.57 Å². The van der Waals surface area contributed by atoms with Gasteiger partial charge in [-0.25, -0.2) is 4.79 Å². The van der Waals surface area contributed by atoms with E-state index in [4.69, 9.17) is 0 Å². The summed E-state index contributed by atoms with van der Waals surface area (Å²) >= 11 is 3.20. The molecular formula is C13H15N3OS2. The number of hydrogen-bond donors (Lipinski definition) is 0. The van der Waals surface area contributed by atoms with Gasteiger partial charge in [-0.05, 0) is 31.9 Å². The number of urea groups is 1. The third kappa shape index (κ3) is 2.64. The number of thiazole rings is 1. The maximum absolute atomic E-state index is 12.1. The minimum absolute atomic E-state index is 0.109. The average Bonchev–Trinajstić information content (AvgIpc) is 3.08. The van der Waals surface area contributed by atoms with E-state index in [1.807, 2.05) is 21.0 Å². The number of aromatic nitrogens is 1. The van der Waals surface area contributed by atoms with E-state index in [0.29, 0.717) is 0 Å². The molecule has 0 spiro atoms. The topological polar surface area (TPSA) is 37.6 Å². The summed E-state index contributed by atoms with van der Waals surface area (Å²) in [5.74, 6) is 0. The third-order valence-corrected chi connectivity index (χ3v) is 4.88. The van der Waals surface area contributed by atoms with Crippen LogP contribution in [-0.4, -0.2) is 28.6 Å². The summed E-state index contributed by atoms with van der Waals surface area (Å²) in [7, 11) is 0. The van der Waals surface area contributed by atoms with Gasteiger partial charge >= 0.3 is 6.03 Å². The van der Waals surface area contributed by atoms with Crippen LogP contribution in [0.4, 0.5) is 4.79 Å². The summed E-state index contributed by atoms with van der Waals surface area (Å²) in [4.78, 5) is 20.1. The highest BCUT2D eigenvalue weighted by molar-refractivity contribution is 7.14. The fraction of sp³-hybridized carbons (Fsp3) is 0.385. The molecule has 0 unspecified atom stereocenters. The molecule has 3 heterocycles. The lowest BCUT2D eigenvalue weighted by Gasteiger charge is -2.10. The predicted octanol–water partition coefficient (Wildman–Crippen LogP) is 3.03. The zero-order valence-corrected chi connectivity index (χ0v) is 12.3. The van der Waals surface area contributed by atoms with Gasteiger partial charge in [0.05, 0.1) is 0 Å². The van der Waals surface area contributed by atoms with Crippen LogP contribution < -0.4 is 4.80 Å². The van der Waals surface area contributed by atoms with Crippen molar-refractivity contribution in [3.63, 3.8) is 0 Å². The number of hydrogen-bond acceptors (Lipinski definition) is 3.